The maximum atomic E-state index is 14.1. The summed E-state index contributed by atoms with van der Waals surface area (Å²) in [7, 11) is 0. The van der Waals surface area contributed by atoms with Crippen molar-refractivity contribution >= 4 is 35.2 Å². The Morgan fingerprint density at radius 3 is 2.42 bits per heavy atom. The Labute approximate surface area is 217 Å². The molecule has 3 amide bonds. The molecule has 0 aromatic heterocycles. The highest BCUT2D eigenvalue weighted by atomic mass is 32.2. The summed E-state index contributed by atoms with van der Waals surface area (Å²) in [4.78, 5) is 43.1. The van der Waals surface area contributed by atoms with Crippen molar-refractivity contribution in [3.05, 3.63) is 24.3 Å². The number of hydrogen-bond donors (Lipinski definition) is 3. The predicted molar refractivity (Wildman–Crippen MR) is 141 cm³/mol. The Hall–Kier alpha value is -2.26. The molecule has 36 heavy (non-hydrogen) atoms. The Kier molecular flexibility index (Phi) is 7.62. The van der Waals surface area contributed by atoms with Crippen molar-refractivity contribution in [1.82, 2.24) is 10.2 Å². The first-order valence-corrected chi connectivity index (χ1v) is 13.9. The number of carbonyl (C=O) groups excluding carboxylic acids is 3. The molecular weight excluding hydrogens is 478 g/mol. The lowest BCUT2D eigenvalue weighted by molar-refractivity contribution is -0.143. The average molecular weight is 518 g/mol. The highest BCUT2D eigenvalue weighted by Crippen LogP contribution is 2.69. The maximum Gasteiger partial charge on any atom is 0.244 e. The standard InChI is InChI=1S/C27H39N3O5S/c1-7-35-18-10-8-17(9-11-18)29-24(32)21-20-12-16(6)27(36-20)22(21)26(34)30(19(13-31)14(2)3)23(27)25(33)28-15(4)5/h8-11,14-16,19-23,31H,7,12-13H2,1-6H3,(H,28,33)(H,29,32)/t16?,19-,20-,21+,22-,23?,27?/m0/s1. The number of nitrogens with zero attached hydrogens (tertiary/aromatic N) is 1. The lowest BCUT2D eigenvalue weighted by Gasteiger charge is -2.41. The topological polar surface area (TPSA) is 108 Å². The van der Waals surface area contributed by atoms with Crippen LogP contribution in [0.1, 0.15) is 48.0 Å². The maximum absolute atomic E-state index is 14.1. The Morgan fingerprint density at radius 2 is 1.86 bits per heavy atom. The molecule has 3 aliphatic rings. The number of likely N-dealkylation sites (tertiary alicyclic amines) is 1. The third kappa shape index (κ3) is 4.28. The SMILES string of the molecule is CCOc1ccc(NC(=O)[C@@H]2[C@@H]3CC(C)C4(S3)C(C(=O)NC(C)C)N([C@@H](CO)C(C)C)C(=O)[C@H]24)cc1. The van der Waals surface area contributed by atoms with E-state index in [0.29, 0.717) is 12.3 Å². The lowest BCUT2D eigenvalue weighted by atomic mass is 9.65. The highest BCUT2D eigenvalue weighted by Gasteiger charge is 2.76. The van der Waals surface area contributed by atoms with Gasteiger partial charge in [-0.3, -0.25) is 14.4 Å². The summed E-state index contributed by atoms with van der Waals surface area (Å²) >= 11 is 1.64. The largest absolute Gasteiger partial charge is 0.494 e. The van der Waals surface area contributed by atoms with E-state index >= 15 is 0 Å². The van der Waals surface area contributed by atoms with Crippen LogP contribution in [0.4, 0.5) is 5.69 Å². The van der Waals surface area contributed by atoms with Crippen LogP contribution in [0.15, 0.2) is 24.3 Å². The molecule has 3 N–H and O–H groups in total. The molecule has 2 bridgehead atoms. The van der Waals surface area contributed by atoms with Gasteiger partial charge in [0.25, 0.3) is 0 Å². The van der Waals surface area contributed by atoms with Crippen molar-refractivity contribution < 1.29 is 24.2 Å². The zero-order valence-electron chi connectivity index (χ0n) is 22.0. The van der Waals surface area contributed by atoms with E-state index in [-0.39, 0.29) is 47.5 Å². The first-order valence-electron chi connectivity index (χ1n) is 13.0. The predicted octanol–water partition coefficient (Wildman–Crippen LogP) is 2.90. The Morgan fingerprint density at radius 1 is 1.19 bits per heavy atom. The van der Waals surface area contributed by atoms with Crippen molar-refractivity contribution in [2.45, 2.75) is 76.1 Å². The van der Waals surface area contributed by atoms with E-state index in [1.165, 1.54) is 0 Å². The molecule has 198 valence electrons. The number of aliphatic hydroxyl groups is 1. The van der Waals surface area contributed by atoms with Crippen LogP contribution in [-0.4, -0.2) is 69.1 Å². The number of fused-ring (bicyclic) bond motifs is 1. The number of hydrogen-bond acceptors (Lipinski definition) is 6. The van der Waals surface area contributed by atoms with Crippen LogP contribution < -0.4 is 15.4 Å². The molecule has 3 saturated heterocycles. The van der Waals surface area contributed by atoms with E-state index in [9.17, 15) is 19.5 Å². The van der Waals surface area contributed by atoms with Gasteiger partial charge in [-0.05, 0) is 63.3 Å². The fourth-order valence-electron chi connectivity index (χ4n) is 6.43. The van der Waals surface area contributed by atoms with Gasteiger partial charge in [0.2, 0.25) is 17.7 Å². The van der Waals surface area contributed by atoms with E-state index in [1.54, 1.807) is 40.9 Å². The van der Waals surface area contributed by atoms with Gasteiger partial charge in [0.15, 0.2) is 0 Å². The quantitative estimate of drug-likeness (QED) is 0.465. The first-order chi connectivity index (χ1) is 17.1. The normalized spacial score (nSPS) is 31.6. The summed E-state index contributed by atoms with van der Waals surface area (Å²) in [6.45, 7) is 12.0. The van der Waals surface area contributed by atoms with Crippen LogP contribution >= 0.6 is 11.8 Å². The third-order valence-corrected chi connectivity index (χ3v) is 9.99. The molecule has 4 rings (SSSR count). The van der Waals surface area contributed by atoms with Gasteiger partial charge in [0.1, 0.15) is 11.8 Å². The van der Waals surface area contributed by atoms with E-state index in [1.807, 2.05) is 34.6 Å². The summed E-state index contributed by atoms with van der Waals surface area (Å²) in [5.41, 5.74) is 0.644. The minimum atomic E-state index is -0.731. The lowest BCUT2D eigenvalue weighted by Crippen LogP contribution is -2.60. The summed E-state index contributed by atoms with van der Waals surface area (Å²) in [5, 5.41) is 16.3. The molecule has 0 aliphatic carbocycles. The molecule has 3 heterocycles. The highest BCUT2D eigenvalue weighted by molar-refractivity contribution is 8.02. The molecule has 0 saturated carbocycles. The van der Waals surface area contributed by atoms with Gasteiger partial charge in [-0.15, -0.1) is 11.8 Å². The van der Waals surface area contributed by atoms with E-state index in [4.69, 9.17) is 4.74 Å². The molecule has 9 heteroatoms. The van der Waals surface area contributed by atoms with Crippen LogP contribution in [0.2, 0.25) is 0 Å². The fourth-order valence-corrected chi connectivity index (χ4v) is 8.84. The van der Waals surface area contributed by atoms with Gasteiger partial charge in [0.05, 0.1) is 35.8 Å². The number of carbonyl (C=O) groups is 3. The number of thioether (sulfide) groups is 1. The number of amides is 3. The molecule has 3 aliphatic heterocycles. The minimum Gasteiger partial charge on any atom is -0.494 e. The zero-order chi connectivity index (χ0) is 26.4. The summed E-state index contributed by atoms with van der Waals surface area (Å²) in [5.74, 6) is -0.993. The molecule has 1 aromatic rings. The molecule has 7 atom stereocenters. The summed E-state index contributed by atoms with van der Waals surface area (Å²) in [6.07, 6.45) is 0.764. The van der Waals surface area contributed by atoms with Crippen molar-refractivity contribution in [1.29, 1.82) is 0 Å². The van der Waals surface area contributed by atoms with Crippen LogP contribution in [0.25, 0.3) is 0 Å². The van der Waals surface area contributed by atoms with Gasteiger partial charge in [0, 0.05) is 17.0 Å². The second kappa shape index (κ2) is 10.2. The molecule has 8 nitrogen and oxygen atoms in total. The molecule has 1 spiro atoms. The fraction of sp³-hybridized carbons (Fsp3) is 0.667. The number of ether oxygens (including phenoxy) is 1. The number of nitrogens with one attached hydrogen (secondary N) is 2. The van der Waals surface area contributed by atoms with Crippen LogP contribution in [0.5, 0.6) is 5.75 Å². The van der Waals surface area contributed by atoms with Crippen molar-refractivity contribution in [2.75, 3.05) is 18.5 Å². The number of rotatable bonds is 9. The number of aliphatic hydroxyl groups excluding tert-OH is 1. The van der Waals surface area contributed by atoms with Crippen molar-refractivity contribution in [3.63, 3.8) is 0 Å². The first kappa shape index (κ1) is 26.8. The monoisotopic (exact) mass is 517 g/mol. The molecule has 1 aromatic carbocycles. The molecule has 3 fully saturated rings. The average Bonchev–Trinajstić information content (AvgIpc) is 3.39. The van der Waals surface area contributed by atoms with E-state index < -0.39 is 28.7 Å². The minimum absolute atomic E-state index is 0.0419. The van der Waals surface area contributed by atoms with Gasteiger partial charge in [-0.25, -0.2) is 0 Å². The van der Waals surface area contributed by atoms with E-state index in [0.717, 1.165) is 12.2 Å². The van der Waals surface area contributed by atoms with Crippen molar-refractivity contribution in [3.8, 4) is 5.75 Å². The summed E-state index contributed by atoms with van der Waals surface area (Å²) < 4.78 is 4.78. The Bertz CT molecular complexity index is 1000. The molecular formula is C27H39N3O5S. The molecule has 0 radical (unpaired) electrons. The van der Waals surface area contributed by atoms with Crippen LogP contribution in [0, 0.1) is 23.7 Å². The van der Waals surface area contributed by atoms with E-state index in [2.05, 4.69) is 17.6 Å². The van der Waals surface area contributed by atoms with Gasteiger partial charge in [-0.2, -0.15) is 0 Å². The van der Waals surface area contributed by atoms with Crippen LogP contribution in [0.3, 0.4) is 0 Å². The zero-order valence-corrected chi connectivity index (χ0v) is 22.8. The number of benzene rings is 1. The third-order valence-electron chi connectivity index (χ3n) is 7.91. The summed E-state index contributed by atoms with van der Waals surface area (Å²) in [6, 6.07) is 5.89. The van der Waals surface area contributed by atoms with Crippen LogP contribution in [-0.2, 0) is 14.4 Å². The van der Waals surface area contributed by atoms with Gasteiger partial charge in [-0.1, -0.05) is 20.8 Å². The second-order valence-electron chi connectivity index (χ2n) is 10.9. The van der Waals surface area contributed by atoms with Gasteiger partial charge < -0.3 is 25.4 Å². The smallest absolute Gasteiger partial charge is 0.244 e. The Balaban J connectivity index is 1.70. The van der Waals surface area contributed by atoms with Gasteiger partial charge >= 0.3 is 0 Å². The number of anilines is 1. The van der Waals surface area contributed by atoms with Crippen molar-refractivity contribution in [2.24, 2.45) is 23.7 Å². The second-order valence-corrected chi connectivity index (χ2v) is 12.5. The molecule has 3 unspecified atom stereocenters.